The number of aromatic nitrogens is 3. The number of carbonyl (C=O) groups excluding carboxylic acids is 1. The average Bonchev–Trinajstić information content (AvgIpc) is 3.35. The van der Waals surface area contributed by atoms with Gasteiger partial charge in [0.1, 0.15) is 5.69 Å². The van der Waals surface area contributed by atoms with Gasteiger partial charge in [0.25, 0.3) is 0 Å². The summed E-state index contributed by atoms with van der Waals surface area (Å²) in [6.45, 7) is 4.63. The van der Waals surface area contributed by atoms with E-state index in [-0.39, 0.29) is 17.9 Å². The highest BCUT2D eigenvalue weighted by molar-refractivity contribution is 5.97. The predicted molar refractivity (Wildman–Crippen MR) is 123 cm³/mol. The second-order valence-electron chi connectivity index (χ2n) is 10.2. The third-order valence-electron chi connectivity index (χ3n) is 7.28. The van der Waals surface area contributed by atoms with Crippen LogP contribution in [0.25, 0.3) is 22.3 Å². The zero-order chi connectivity index (χ0) is 21.8. The molecule has 2 aromatic heterocycles. The van der Waals surface area contributed by atoms with Gasteiger partial charge in [0.15, 0.2) is 0 Å². The van der Waals surface area contributed by atoms with E-state index in [0.717, 1.165) is 53.7 Å². The van der Waals surface area contributed by atoms with Crippen molar-refractivity contribution in [3.05, 3.63) is 35.5 Å². The van der Waals surface area contributed by atoms with E-state index in [4.69, 9.17) is 0 Å². The quantitative estimate of drug-likeness (QED) is 0.579. The van der Waals surface area contributed by atoms with Crippen molar-refractivity contribution in [1.82, 2.24) is 15.2 Å². The van der Waals surface area contributed by atoms with Crippen LogP contribution in [0.2, 0.25) is 0 Å². The van der Waals surface area contributed by atoms with Crippen LogP contribution in [-0.2, 0) is 17.6 Å². The molecule has 0 spiro atoms. The summed E-state index contributed by atoms with van der Waals surface area (Å²) in [5, 5.41) is 18.8. The maximum atomic E-state index is 13.0. The molecule has 3 N–H and O–H groups in total. The number of carbonyl (C=O) groups is 1. The van der Waals surface area contributed by atoms with Crippen molar-refractivity contribution in [3.63, 3.8) is 0 Å². The van der Waals surface area contributed by atoms with Crippen molar-refractivity contribution in [2.24, 2.45) is 11.3 Å². The Balaban J connectivity index is 1.40. The first-order chi connectivity index (χ1) is 14.8. The molecule has 2 heterocycles. The number of hydrogen-bond acceptors (Lipinski definition) is 3. The van der Waals surface area contributed by atoms with E-state index >= 15 is 0 Å². The van der Waals surface area contributed by atoms with Crippen LogP contribution < -0.4 is 4.90 Å². The monoisotopic (exact) mass is 420 g/mol. The SMILES string of the molecule is CN(c1ccc2cc(-c3n[nH]c4c3CCC(C)(C)C4)[nH]c2c1)C(=O)[C@H]1CC[C@@H](O)CC1. The first kappa shape index (κ1) is 20.3. The zero-order valence-corrected chi connectivity index (χ0v) is 18.7. The van der Waals surface area contributed by atoms with Crippen LogP contribution in [0.4, 0.5) is 5.69 Å². The van der Waals surface area contributed by atoms with Crippen molar-refractivity contribution in [3.8, 4) is 11.4 Å². The lowest BCUT2D eigenvalue weighted by molar-refractivity contribution is -0.123. The molecule has 6 heteroatoms. The number of hydrogen-bond donors (Lipinski definition) is 3. The van der Waals surface area contributed by atoms with Crippen LogP contribution in [0, 0.1) is 11.3 Å². The molecular weight excluding hydrogens is 388 g/mol. The maximum Gasteiger partial charge on any atom is 0.229 e. The highest BCUT2D eigenvalue weighted by Crippen LogP contribution is 2.38. The van der Waals surface area contributed by atoms with E-state index < -0.39 is 0 Å². The Morgan fingerprint density at radius 1 is 1.19 bits per heavy atom. The van der Waals surface area contributed by atoms with Crippen molar-refractivity contribution < 1.29 is 9.90 Å². The number of benzene rings is 1. The van der Waals surface area contributed by atoms with Gasteiger partial charge in [-0.1, -0.05) is 19.9 Å². The molecule has 0 radical (unpaired) electrons. The van der Waals surface area contributed by atoms with Crippen LogP contribution in [0.1, 0.15) is 57.2 Å². The number of aromatic amines is 2. The van der Waals surface area contributed by atoms with Crippen LogP contribution in [-0.4, -0.2) is 39.3 Å². The first-order valence-electron chi connectivity index (χ1n) is 11.5. The minimum atomic E-state index is -0.248. The molecule has 1 saturated carbocycles. The van der Waals surface area contributed by atoms with Crippen LogP contribution >= 0.6 is 0 Å². The Hall–Kier alpha value is -2.60. The molecule has 0 aliphatic heterocycles. The van der Waals surface area contributed by atoms with Crippen LogP contribution in [0.5, 0.6) is 0 Å². The molecule has 6 nitrogen and oxygen atoms in total. The second-order valence-corrected chi connectivity index (χ2v) is 10.2. The third kappa shape index (κ3) is 3.78. The third-order valence-corrected chi connectivity index (χ3v) is 7.28. The van der Waals surface area contributed by atoms with Crippen LogP contribution in [0.3, 0.4) is 0 Å². The summed E-state index contributed by atoms with van der Waals surface area (Å²) in [5.41, 5.74) is 6.86. The normalized spacial score (nSPS) is 23.0. The van der Waals surface area contributed by atoms with E-state index in [2.05, 4.69) is 47.2 Å². The molecule has 1 amide bonds. The molecule has 0 atom stereocenters. The van der Waals surface area contributed by atoms with Gasteiger partial charge < -0.3 is 15.0 Å². The summed E-state index contributed by atoms with van der Waals surface area (Å²) >= 11 is 0. The van der Waals surface area contributed by atoms with Gasteiger partial charge in [0.2, 0.25) is 5.91 Å². The van der Waals surface area contributed by atoms with Crippen molar-refractivity contribution in [2.45, 2.75) is 64.9 Å². The van der Waals surface area contributed by atoms with E-state index in [1.807, 2.05) is 13.1 Å². The van der Waals surface area contributed by atoms with Gasteiger partial charge in [-0.15, -0.1) is 0 Å². The zero-order valence-electron chi connectivity index (χ0n) is 18.7. The molecule has 0 unspecified atom stereocenters. The number of nitrogens with zero attached hydrogens (tertiary/aromatic N) is 2. The van der Waals surface area contributed by atoms with E-state index in [0.29, 0.717) is 18.3 Å². The highest BCUT2D eigenvalue weighted by Gasteiger charge is 2.30. The largest absolute Gasteiger partial charge is 0.393 e. The smallest absolute Gasteiger partial charge is 0.229 e. The Morgan fingerprint density at radius 3 is 2.74 bits per heavy atom. The standard InChI is InChI=1S/C25H32N4O2/c1-25(2)11-10-19-22(14-25)27-28-23(19)21-12-16-4-7-17(13-20(16)26-21)29(3)24(31)15-5-8-18(30)9-6-15/h4,7,12-13,15,18,26,30H,5-6,8-11,14H2,1-3H3,(H,27,28)/t15-,18+. The number of fused-ring (bicyclic) bond motifs is 2. The number of amides is 1. The Kier molecular flexibility index (Phi) is 4.93. The molecule has 31 heavy (non-hydrogen) atoms. The molecule has 164 valence electrons. The molecular formula is C25H32N4O2. The summed E-state index contributed by atoms with van der Waals surface area (Å²) < 4.78 is 0. The van der Waals surface area contributed by atoms with Gasteiger partial charge in [-0.25, -0.2) is 0 Å². The fourth-order valence-corrected chi connectivity index (χ4v) is 5.25. The van der Waals surface area contributed by atoms with E-state index in [1.54, 1.807) is 4.90 Å². The lowest BCUT2D eigenvalue weighted by atomic mass is 9.76. The molecule has 5 rings (SSSR count). The van der Waals surface area contributed by atoms with Crippen LogP contribution in [0.15, 0.2) is 24.3 Å². The minimum absolute atomic E-state index is 0.00290. The number of rotatable bonds is 3. The number of H-pyrrole nitrogens is 2. The highest BCUT2D eigenvalue weighted by atomic mass is 16.3. The lowest BCUT2D eigenvalue weighted by Gasteiger charge is -2.29. The average molecular weight is 421 g/mol. The number of aliphatic hydroxyl groups is 1. The first-order valence-corrected chi connectivity index (χ1v) is 11.5. The van der Waals surface area contributed by atoms with Crippen molar-refractivity contribution in [1.29, 1.82) is 0 Å². The fourth-order valence-electron chi connectivity index (χ4n) is 5.25. The van der Waals surface area contributed by atoms with E-state index in [9.17, 15) is 9.90 Å². The number of nitrogens with one attached hydrogen (secondary N) is 2. The molecule has 2 aliphatic carbocycles. The summed E-state index contributed by atoms with van der Waals surface area (Å²) in [6.07, 6.45) is 5.96. The summed E-state index contributed by atoms with van der Waals surface area (Å²) in [6, 6.07) is 8.29. The molecule has 1 aromatic carbocycles. The minimum Gasteiger partial charge on any atom is -0.393 e. The predicted octanol–water partition coefficient (Wildman–Crippen LogP) is 4.59. The van der Waals surface area contributed by atoms with Gasteiger partial charge in [-0.05, 0) is 68.6 Å². The van der Waals surface area contributed by atoms with Gasteiger partial charge in [0.05, 0.1) is 11.8 Å². The van der Waals surface area contributed by atoms with Crippen molar-refractivity contribution >= 4 is 22.5 Å². The Labute approximate surface area is 183 Å². The van der Waals surface area contributed by atoms with Crippen molar-refractivity contribution in [2.75, 3.05) is 11.9 Å². The Morgan fingerprint density at radius 2 is 1.97 bits per heavy atom. The van der Waals surface area contributed by atoms with Gasteiger partial charge in [-0.2, -0.15) is 5.10 Å². The number of anilines is 1. The summed E-state index contributed by atoms with van der Waals surface area (Å²) in [5.74, 6) is 0.144. The summed E-state index contributed by atoms with van der Waals surface area (Å²) in [7, 11) is 1.85. The van der Waals surface area contributed by atoms with Gasteiger partial charge in [-0.3, -0.25) is 9.89 Å². The molecule has 1 fully saturated rings. The maximum absolute atomic E-state index is 13.0. The van der Waals surface area contributed by atoms with Gasteiger partial charge in [0, 0.05) is 40.8 Å². The molecule has 0 saturated heterocycles. The van der Waals surface area contributed by atoms with Gasteiger partial charge >= 0.3 is 0 Å². The molecule has 2 aliphatic rings. The van der Waals surface area contributed by atoms with E-state index in [1.165, 1.54) is 17.7 Å². The molecule has 3 aromatic rings. The number of aliphatic hydroxyl groups excluding tert-OH is 1. The summed E-state index contributed by atoms with van der Waals surface area (Å²) in [4.78, 5) is 18.3. The fraction of sp³-hybridized carbons (Fsp3) is 0.520. The Bertz CT molecular complexity index is 1120. The second kappa shape index (κ2) is 7.52. The lowest BCUT2D eigenvalue weighted by Crippen LogP contribution is -2.35. The molecule has 0 bridgehead atoms. The topological polar surface area (TPSA) is 85.0 Å².